The molecule has 0 saturated heterocycles. The van der Waals surface area contributed by atoms with E-state index in [2.05, 4.69) is 11.9 Å². The van der Waals surface area contributed by atoms with E-state index in [1.54, 1.807) is 6.92 Å². The van der Waals surface area contributed by atoms with Gasteiger partial charge in [0, 0.05) is 12.6 Å². The number of rotatable bonds is 3. The molecule has 0 aromatic rings. The summed E-state index contributed by atoms with van der Waals surface area (Å²) in [6.07, 6.45) is 1.52. The Hall–Kier alpha value is -1.09. The lowest BCUT2D eigenvalue weighted by Gasteiger charge is -2.05. The lowest BCUT2D eigenvalue weighted by Crippen LogP contribution is -2.19. The normalized spacial score (nSPS) is 11.9. The topological polar surface area (TPSA) is 49.3 Å². The second-order valence-electron chi connectivity index (χ2n) is 2.19. The maximum absolute atomic E-state index is 10.5. The molecule has 0 fully saturated rings. The van der Waals surface area contributed by atoms with E-state index in [1.165, 1.54) is 13.0 Å². The molecule has 0 aromatic heterocycles. The van der Waals surface area contributed by atoms with E-state index in [4.69, 9.17) is 5.11 Å². The van der Waals surface area contributed by atoms with Gasteiger partial charge >= 0.3 is 0 Å². The summed E-state index contributed by atoms with van der Waals surface area (Å²) in [6, 6.07) is 0. The minimum Gasteiger partial charge on any atom is -0.392 e. The highest BCUT2D eigenvalue weighted by Crippen LogP contribution is 1.99. The summed E-state index contributed by atoms with van der Waals surface area (Å²) in [7, 11) is 0. The maximum Gasteiger partial charge on any atom is 0.220 e. The van der Waals surface area contributed by atoms with Crippen molar-refractivity contribution < 1.29 is 9.90 Å². The van der Waals surface area contributed by atoms with E-state index in [0.717, 1.165) is 0 Å². The molecule has 3 nitrogen and oxygen atoms in total. The van der Waals surface area contributed by atoms with Crippen molar-refractivity contribution in [3.8, 4) is 0 Å². The van der Waals surface area contributed by atoms with Gasteiger partial charge in [-0.2, -0.15) is 0 Å². The van der Waals surface area contributed by atoms with Gasteiger partial charge in [0.1, 0.15) is 0 Å². The number of aliphatic hydroxyl groups excluding tert-OH is 1. The van der Waals surface area contributed by atoms with E-state index in [0.29, 0.717) is 11.3 Å². The van der Waals surface area contributed by atoms with Crippen LogP contribution in [-0.4, -0.2) is 17.6 Å². The van der Waals surface area contributed by atoms with Crippen LogP contribution in [0.4, 0.5) is 0 Å². The van der Waals surface area contributed by atoms with Crippen molar-refractivity contribution >= 4 is 5.91 Å². The summed E-state index contributed by atoms with van der Waals surface area (Å²) in [5, 5.41) is 11.3. The zero-order valence-corrected chi connectivity index (χ0v) is 6.85. The zero-order chi connectivity index (χ0) is 8.85. The lowest BCUT2D eigenvalue weighted by atomic mass is 10.2. The largest absolute Gasteiger partial charge is 0.392 e. The number of hydrogen-bond acceptors (Lipinski definition) is 2. The minimum absolute atomic E-state index is 0.102. The Morgan fingerprint density at radius 2 is 2.18 bits per heavy atom. The van der Waals surface area contributed by atoms with Gasteiger partial charge in [0.15, 0.2) is 0 Å². The number of allylic oxidation sites excluding steroid dienone is 1. The molecule has 0 radical (unpaired) electrons. The Morgan fingerprint density at radius 3 is 2.45 bits per heavy atom. The Labute approximate surface area is 66.4 Å². The summed E-state index contributed by atoms with van der Waals surface area (Å²) in [5.41, 5.74) is 1.29. The van der Waals surface area contributed by atoms with Gasteiger partial charge in [0.05, 0.1) is 6.61 Å². The highest BCUT2D eigenvalue weighted by Gasteiger charge is 1.97. The van der Waals surface area contributed by atoms with Crippen LogP contribution in [0.3, 0.4) is 0 Å². The Kier molecular flexibility index (Phi) is 4.22. The first-order valence-corrected chi connectivity index (χ1v) is 3.32. The average molecular weight is 155 g/mol. The van der Waals surface area contributed by atoms with Gasteiger partial charge in [-0.05, 0) is 12.5 Å². The molecule has 0 aliphatic carbocycles. The standard InChI is InChI=1S/C8H13NO2/c1-4-8(5-10)6(2)9-7(3)11/h4,10H,1,5H2,2-3H3,(H,9,11)/b8-6-. The monoisotopic (exact) mass is 155 g/mol. The van der Waals surface area contributed by atoms with Crippen molar-refractivity contribution in [2.45, 2.75) is 13.8 Å². The van der Waals surface area contributed by atoms with Crippen LogP contribution in [0.15, 0.2) is 23.9 Å². The number of carbonyl (C=O) groups excluding carboxylic acids is 1. The number of aliphatic hydroxyl groups is 1. The first-order valence-electron chi connectivity index (χ1n) is 3.32. The van der Waals surface area contributed by atoms with E-state index < -0.39 is 0 Å². The predicted octanol–water partition coefficient (Wildman–Crippen LogP) is 0.575. The van der Waals surface area contributed by atoms with Crippen LogP contribution in [0, 0.1) is 0 Å². The molecule has 0 atom stereocenters. The van der Waals surface area contributed by atoms with Gasteiger partial charge < -0.3 is 10.4 Å². The third kappa shape index (κ3) is 3.57. The van der Waals surface area contributed by atoms with Crippen LogP contribution >= 0.6 is 0 Å². The zero-order valence-electron chi connectivity index (χ0n) is 6.85. The fourth-order valence-electron chi connectivity index (χ4n) is 0.681. The van der Waals surface area contributed by atoms with Crippen molar-refractivity contribution in [3.05, 3.63) is 23.9 Å². The van der Waals surface area contributed by atoms with Crippen LogP contribution in [0.1, 0.15) is 13.8 Å². The molecule has 3 heteroatoms. The number of amides is 1. The van der Waals surface area contributed by atoms with Gasteiger partial charge in [0.25, 0.3) is 0 Å². The minimum atomic E-state index is -0.143. The molecule has 0 aromatic carbocycles. The van der Waals surface area contributed by atoms with Crippen molar-refractivity contribution in [2.75, 3.05) is 6.61 Å². The van der Waals surface area contributed by atoms with Crippen LogP contribution in [-0.2, 0) is 4.79 Å². The Bertz CT molecular complexity index is 194. The van der Waals surface area contributed by atoms with Crippen molar-refractivity contribution in [3.63, 3.8) is 0 Å². The van der Waals surface area contributed by atoms with Gasteiger partial charge in [-0.3, -0.25) is 4.79 Å². The molecular weight excluding hydrogens is 142 g/mol. The van der Waals surface area contributed by atoms with Gasteiger partial charge in [-0.15, -0.1) is 0 Å². The average Bonchev–Trinajstić information content (AvgIpc) is 1.88. The smallest absolute Gasteiger partial charge is 0.220 e. The van der Waals surface area contributed by atoms with Crippen molar-refractivity contribution in [1.29, 1.82) is 0 Å². The van der Waals surface area contributed by atoms with Crippen LogP contribution in [0.25, 0.3) is 0 Å². The molecule has 1 amide bonds. The molecule has 0 aliphatic heterocycles. The second kappa shape index (κ2) is 4.68. The maximum atomic E-state index is 10.5. The summed E-state index contributed by atoms with van der Waals surface area (Å²) in [5.74, 6) is -0.143. The van der Waals surface area contributed by atoms with E-state index in [1.807, 2.05) is 0 Å². The van der Waals surface area contributed by atoms with Crippen LogP contribution < -0.4 is 5.32 Å². The molecule has 62 valence electrons. The van der Waals surface area contributed by atoms with Crippen LogP contribution in [0.5, 0.6) is 0 Å². The first-order chi connectivity index (χ1) is 5.11. The predicted molar refractivity (Wildman–Crippen MR) is 43.8 cm³/mol. The molecule has 11 heavy (non-hydrogen) atoms. The number of nitrogens with one attached hydrogen (secondary N) is 1. The molecule has 0 unspecified atom stereocenters. The number of carbonyl (C=O) groups is 1. The summed E-state index contributed by atoms with van der Waals surface area (Å²) in [6.45, 7) is 6.52. The lowest BCUT2D eigenvalue weighted by molar-refractivity contribution is -0.118. The Balaban J connectivity index is 4.35. The highest BCUT2D eigenvalue weighted by atomic mass is 16.3. The van der Waals surface area contributed by atoms with E-state index in [-0.39, 0.29) is 12.5 Å². The first kappa shape index (κ1) is 9.91. The SMILES string of the molecule is C=C/C(CO)=C(\C)NC(C)=O. The summed E-state index contributed by atoms with van der Waals surface area (Å²) in [4.78, 5) is 10.5. The van der Waals surface area contributed by atoms with Gasteiger partial charge in [-0.1, -0.05) is 12.7 Å². The molecule has 2 N–H and O–H groups in total. The van der Waals surface area contributed by atoms with Gasteiger partial charge in [0.2, 0.25) is 5.91 Å². The number of hydrogen-bond donors (Lipinski definition) is 2. The Morgan fingerprint density at radius 1 is 1.64 bits per heavy atom. The fourth-order valence-corrected chi connectivity index (χ4v) is 0.681. The molecule has 0 bridgehead atoms. The molecular formula is C8H13NO2. The van der Waals surface area contributed by atoms with Crippen LogP contribution in [0.2, 0.25) is 0 Å². The molecule has 0 spiro atoms. The third-order valence-corrected chi connectivity index (χ3v) is 1.26. The molecule has 0 heterocycles. The summed E-state index contributed by atoms with van der Waals surface area (Å²) < 4.78 is 0. The fraction of sp³-hybridized carbons (Fsp3) is 0.375. The van der Waals surface area contributed by atoms with Crippen molar-refractivity contribution in [1.82, 2.24) is 5.32 Å². The molecule has 0 rings (SSSR count). The van der Waals surface area contributed by atoms with Gasteiger partial charge in [-0.25, -0.2) is 0 Å². The quantitative estimate of drug-likeness (QED) is 0.585. The van der Waals surface area contributed by atoms with E-state index >= 15 is 0 Å². The third-order valence-electron chi connectivity index (χ3n) is 1.26. The molecule has 0 aliphatic rings. The van der Waals surface area contributed by atoms with E-state index in [9.17, 15) is 4.79 Å². The summed E-state index contributed by atoms with van der Waals surface area (Å²) >= 11 is 0. The molecule has 0 saturated carbocycles. The second-order valence-corrected chi connectivity index (χ2v) is 2.19. The van der Waals surface area contributed by atoms with Crippen molar-refractivity contribution in [2.24, 2.45) is 0 Å². The highest BCUT2D eigenvalue weighted by molar-refractivity contribution is 5.75.